The Bertz CT molecular complexity index is 1190. The molecule has 180 valence electrons. The van der Waals surface area contributed by atoms with E-state index in [1.807, 2.05) is 42.5 Å². The largest absolute Gasteiger partial charge is 0.481 e. The molecule has 0 radical (unpaired) electrons. The Morgan fingerprint density at radius 2 is 1.97 bits per heavy atom. The van der Waals surface area contributed by atoms with Crippen LogP contribution in [0.3, 0.4) is 0 Å². The number of halogens is 1. The maximum Gasteiger partial charge on any atom is 0.439 e. The van der Waals surface area contributed by atoms with Gasteiger partial charge in [0, 0.05) is 17.7 Å². The Morgan fingerprint density at radius 1 is 1.24 bits per heavy atom. The summed E-state index contributed by atoms with van der Waals surface area (Å²) < 4.78 is 9.80. The Labute approximate surface area is 201 Å². The third-order valence-electron chi connectivity index (χ3n) is 5.42. The van der Waals surface area contributed by atoms with Crippen LogP contribution >= 0.6 is 11.6 Å². The second-order valence-electron chi connectivity index (χ2n) is 8.23. The first-order valence-corrected chi connectivity index (χ1v) is 11.1. The third-order valence-corrected chi connectivity index (χ3v) is 5.66. The van der Waals surface area contributed by atoms with Crippen molar-refractivity contribution in [3.8, 4) is 11.1 Å². The average molecular weight is 488 g/mol. The van der Waals surface area contributed by atoms with E-state index in [0.717, 1.165) is 16.7 Å². The first-order chi connectivity index (χ1) is 16.2. The van der Waals surface area contributed by atoms with Crippen LogP contribution in [-0.2, 0) is 16.0 Å². The zero-order valence-corrected chi connectivity index (χ0v) is 19.6. The van der Waals surface area contributed by atoms with Crippen LogP contribution in [0.15, 0.2) is 57.8 Å². The molecule has 0 saturated heterocycles. The highest BCUT2D eigenvalue weighted by atomic mass is 35.5. The zero-order valence-electron chi connectivity index (χ0n) is 18.8. The molecule has 2 aromatic carbocycles. The number of aliphatic carboxylic acids is 1. The highest BCUT2D eigenvalue weighted by molar-refractivity contribution is 6.30. The molecule has 3 rings (SSSR count). The monoisotopic (exact) mass is 487 g/mol. The van der Waals surface area contributed by atoms with E-state index in [-0.39, 0.29) is 18.9 Å². The van der Waals surface area contributed by atoms with Gasteiger partial charge in [0.25, 0.3) is 5.91 Å². The third kappa shape index (κ3) is 6.55. The van der Waals surface area contributed by atoms with Gasteiger partial charge in [0.2, 0.25) is 5.82 Å². The van der Waals surface area contributed by atoms with Crippen molar-refractivity contribution >= 4 is 23.5 Å². The molecule has 34 heavy (non-hydrogen) atoms. The van der Waals surface area contributed by atoms with E-state index in [1.54, 1.807) is 19.9 Å². The molecular formula is C24H26ClN3O6. The van der Waals surface area contributed by atoms with Crippen molar-refractivity contribution in [2.45, 2.75) is 32.7 Å². The molecule has 0 aliphatic rings. The molecule has 0 aliphatic carbocycles. The quantitative estimate of drug-likeness (QED) is 0.376. The van der Waals surface area contributed by atoms with Crippen molar-refractivity contribution in [2.24, 2.45) is 5.41 Å². The van der Waals surface area contributed by atoms with Crippen molar-refractivity contribution in [3.63, 3.8) is 0 Å². The number of hydrogen-bond donors (Lipinski definition) is 3. The number of carboxylic acid groups (broad SMARTS) is 1. The molecule has 9 nitrogen and oxygen atoms in total. The minimum absolute atomic E-state index is 0.0142. The highest BCUT2D eigenvalue weighted by Gasteiger charge is 2.37. The van der Waals surface area contributed by atoms with Gasteiger partial charge in [-0.05, 0) is 60.7 Å². The first kappa shape index (κ1) is 25.2. The predicted molar refractivity (Wildman–Crippen MR) is 126 cm³/mol. The van der Waals surface area contributed by atoms with E-state index in [2.05, 4.69) is 20.0 Å². The second-order valence-corrected chi connectivity index (χ2v) is 8.67. The van der Waals surface area contributed by atoms with E-state index in [1.165, 1.54) is 0 Å². The van der Waals surface area contributed by atoms with E-state index in [9.17, 15) is 19.5 Å². The van der Waals surface area contributed by atoms with Gasteiger partial charge in [0.05, 0.1) is 12.0 Å². The molecule has 2 atom stereocenters. The van der Waals surface area contributed by atoms with Gasteiger partial charge in [0.15, 0.2) is 0 Å². The number of benzene rings is 2. The van der Waals surface area contributed by atoms with Gasteiger partial charge >= 0.3 is 11.7 Å². The summed E-state index contributed by atoms with van der Waals surface area (Å²) in [6.07, 6.45) is 0.435. The lowest BCUT2D eigenvalue weighted by molar-refractivity contribution is -0.152. The van der Waals surface area contributed by atoms with Crippen molar-refractivity contribution < 1.29 is 24.0 Å². The van der Waals surface area contributed by atoms with Gasteiger partial charge in [-0.3, -0.25) is 19.1 Å². The summed E-state index contributed by atoms with van der Waals surface area (Å²) in [5.41, 5.74) is 1.58. The number of H-pyrrole nitrogens is 1. The van der Waals surface area contributed by atoms with Crippen LogP contribution in [0.1, 0.15) is 36.5 Å². The van der Waals surface area contributed by atoms with Gasteiger partial charge in [-0.15, -0.1) is 0 Å². The minimum atomic E-state index is -1.24. The molecule has 10 heteroatoms. The smallest absolute Gasteiger partial charge is 0.439 e. The highest BCUT2D eigenvalue weighted by Crippen LogP contribution is 2.27. The van der Waals surface area contributed by atoms with Crippen molar-refractivity contribution in [3.05, 3.63) is 75.5 Å². The van der Waals surface area contributed by atoms with Crippen molar-refractivity contribution in [1.82, 2.24) is 15.5 Å². The molecule has 0 aliphatic heterocycles. The molecule has 1 amide bonds. The normalized spacial score (nSPS) is 13.7. The maximum atomic E-state index is 12.6. The first-order valence-electron chi connectivity index (χ1n) is 10.7. The summed E-state index contributed by atoms with van der Waals surface area (Å²) in [5.74, 6) is -2.85. The van der Waals surface area contributed by atoms with Gasteiger partial charge in [-0.2, -0.15) is 0 Å². The SMILES string of the molecule is CCOCC(C)(CC(Cc1ccc(-c2cccc(Cl)c2)cc1)NC(=O)c1noc(=O)[nH]1)C(=O)O. The fourth-order valence-corrected chi connectivity index (χ4v) is 3.81. The van der Waals surface area contributed by atoms with Crippen LogP contribution < -0.4 is 11.1 Å². The minimum Gasteiger partial charge on any atom is -0.481 e. The number of amides is 1. The Morgan fingerprint density at radius 3 is 2.56 bits per heavy atom. The van der Waals surface area contributed by atoms with Gasteiger partial charge in [0.1, 0.15) is 0 Å². The Kier molecular flexibility index (Phi) is 8.25. The molecule has 1 heterocycles. The van der Waals surface area contributed by atoms with E-state index >= 15 is 0 Å². The summed E-state index contributed by atoms with van der Waals surface area (Å²) >= 11 is 6.09. The number of carbonyl (C=O) groups is 2. The lowest BCUT2D eigenvalue weighted by Gasteiger charge is -2.30. The van der Waals surface area contributed by atoms with E-state index in [0.29, 0.717) is 18.1 Å². The van der Waals surface area contributed by atoms with Crippen LogP contribution in [0.2, 0.25) is 5.02 Å². The van der Waals surface area contributed by atoms with Crippen LogP contribution in [0.25, 0.3) is 11.1 Å². The number of aromatic nitrogens is 2. The lowest BCUT2D eigenvalue weighted by Crippen LogP contribution is -2.44. The Balaban J connectivity index is 1.82. The number of nitrogens with one attached hydrogen (secondary N) is 2. The molecule has 2 unspecified atom stereocenters. The molecule has 0 fully saturated rings. The summed E-state index contributed by atoms with van der Waals surface area (Å²) in [4.78, 5) is 38.0. The van der Waals surface area contributed by atoms with Gasteiger partial charge in [-0.1, -0.05) is 48.0 Å². The number of rotatable bonds is 11. The summed E-state index contributed by atoms with van der Waals surface area (Å²) in [6.45, 7) is 3.71. The zero-order chi connectivity index (χ0) is 24.7. The maximum absolute atomic E-state index is 12.6. The van der Waals surface area contributed by atoms with Crippen molar-refractivity contribution in [2.75, 3.05) is 13.2 Å². The predicted octanol–water partition coefficient (Wildman–Crippen LogP) is 3.54. The average Bonchev–Trinajstić information content (AvgIpc) is 3.24. The summed E-state index contributed by atoms with van der Waals surface area (Å²) in [5, 5.41) is 16.6. The van der Waals surface area contributed by atoms with Crippen LogP contribution in [0, 0.1) is 5.41 Å². The van der Waals surface area contributed by atoms with Crippen LogP contribution in [0.4, 0.5) is 0 Å². The van der Waals surface area contributed by atoms with Gasteiger partial charge < -0.3 is 15.2 Å². The second kappa shape index (κ2) is 11.1. The van der Waals surface area contributed by atoms with Crippen LogP contribution in [0.5, 0.6) is 0 Å². The molecule has 1 aromatic heterocycles. The summed E-state index contributed by atoms with van der Waals surface area (Å²) in [7, 11) is 0. The fourth-order valence-electron chi connectivity index (χ4n) is 3.62. The molecule has 0 saturated carbocycles. The number of hydrogen-bond acceptors (Lipinski definition) is 6. The molecular weight excluding hydrogens is 462 g/mol. The number of aromatic amines is 1. The van der Waals surface area contributed by atoms with Crippen molar-refractivity contribution in [1.29, 1.82) is 0 Å². The molecule has 3 N–H and O–H groups in total. The van der Waals surface area contributed by atoms with Crippen LogP contribution in [-0.4, -0.2) is 46.4 Å². The Hall–Kier alpha value is -3.43. The van der Waals surface area contributed by atoms with E-state index < -0.39 is 29.1 Å². The number of ether oxygens (including phenoxy) is 1. The van der Waals surface area contributed by atoms with Gasteiger partial charge in [-0.25, -0.2) is 4.79 Å². The number of carbonyl (C=O) groups excluding carboxylic acids is 1. The molecule has 3 aromatic rings. The lowest BCUT2D eigenvalue weighted by atomic mass is 9.82. The van der Waals surface area contributed by atoms with E-state index in [4.69, 9.17) is 16.3 Å². The topological polar surface area (TPSA) is 135 Å². The summed E-state index contributed by atoms with van der Waals surface area (Å²) in [6, 6.07) is 14.6. The number of carboxylic acids is 1. The number of nitrogens with zero attached hydrogens (tertiary/aromatic N) is 1. The fraction of sp³-hybridized carbons (Fsp3) is 0.333. The molecule has 0 bridgehead atoms. The molecule has 0 spiro atoms. The standard InChI is InChI=1S/C24H26ClN3O6/c1-3-33-14-24(2,22(30)31)13-19(26-21(29)20-27-23(32)34-28-20)11-15-7-9-16(10-8-15)17-5-4-6-18(25)12-17/h4-10,12,19H,3,11,13-14H2,1-2H3,(H,26,29)(H,30,31)(H,27,28,32).